The first kappa shape index (κ1) is 25.0. The SMILES string of the molecule is C=CCOc1ccc(C(O)=C2C(=O)C(=O)N(CCN3CCOCC3)[C@@H]2c2ccc(Cl)cc2)c(C)c1. The second-order valence-corrected chi connectivity index (χ2v) is 9.01. The first-order chi connectivity index (χ1) is 16.9. The summed E-state index contributed by atoms with van der Waals surface area (Å²) in [5.74, 6) is -0.900. The van der Waals surface area contributed by atoms with Gasteiger partial charge in [0.15, 0.2) is 0 Å². The van der Waals surface area contributed by atoms with Crippen LogP contribution in [0.15, 0.2) is 60.7 Å². The molecule has 1 N–H and O–H groups in total. The number of likely N-dealkylation sites (tertiary alicyclic amines) is 1. The molecule has 0 aromatic heterocycles. The van der Waals surface area contributed by atoms with E-state index in [-0.39, 0.29) is 11.3 Å². The number of halogens is 1. The molecule has 0 spiro atoms. The van der Waals surface area contributed by atoms with Gasteiger partial charge in [0.05, 0.1) is 24.8 Å². The van der Waals surface area contributed by atoms with Crippen molar-refractivity contribution in [3.63, 3.8) is 0 Å². The molecule has 8 heteroatoms. The molecule has 2 aromatic rings. The number of aliphatic hydroxyl groups is 1. The van der Waals surface area contributed by atoms with Gasteiger partial charge in [0.25, 0.3) is 11.7 Å². The van der Waals surface area contributed by atoms with Gasteiger partial charge in [0.2, 0.25) is 0 Å². The van der Waals surface area contributed by atoms with Gasteiger partial charge in [-0.2, -0.15) is 0 Å². The van der Waals surface area contributed by atoms with Crippen molar-refractivity contribution in [3.05, 3.63) is 82.4 Å². The molecule has 2 fully saturated rings. The number of carbonyl (C=O) groups excluding carboxylic acids is 2. The number of rotatable bonds is 8. The minimum absolute atomic E-state index is 0.0714. The molecule has 0 bridgehead atoms. The molecule has 0 saturated carbocycles. The topological polar surface area (TPSA) is 79.3 Å². The number of morpholine rings is 1. The van der Waals surface area contributed by atoms with Crippen LogP contribution in [0.3, 0.4) is 0 Å². The Morgan fingerprint density at radius 2 is 1.89 bits per heavy atom. The fourth-order valence-electron chi connectivity index (χ4n) is 4.47. The summed E-state index contributed by atoms with van der Waals surface area (Å²) in [4.78, 5) is 30.2. The number of hydrogen-bond donors (Lipinski definition) is 1. The fraction of sp³-hybridized carbons (Fsp3) is 0.333. The molecule has 0 unspecified atom stereocenters. The van der Waals surface area contributed by atoms with Gasteiger partial charge in [-0.25, -0.2) is 0 Å². The van der Waals surface area contributed by atoms with E-state index in [0.717, 1.165) is 18.7 Å². The summed E-state index contributed by atoms with van der Waals surface area (Å²) in [6, 6.07) is 11.5. The smallest absolute Gasteiger partial charge is 0.295 e. The van der Waals surface area contributed by atoms with Crippen LogP contribution in [-0.2, 0) is 14.3 Å². The maximum Gasteiger partial charge on any atom is 0.295 e. The summed E-state index contributed by atoms with van der Waals surface area (Å²) < 4.78 is 11.0. The number of nitrogens with zero attached hydrogens (tertiary/aromatic N) is 2. The van der Waals surface area contributed by atoms with E-state index in [2.05, 4.69) is 11.5 Å². The van der Waals surface area contributed by atoms with Crippen LogP contribution in [0.1, 0.15) is 22.7 Å². The number of aryl methyl sites for hydroxylation is 1. The van der Waals surface area contributed by atoms with E-state index < -0.39 is 17.7 Å². The van der Waals surface area contributed by atoms with Crippen molar-refractivity contribution in [1.29, 1.82) is 0 Å². The van der Waals surface area contributed by atoms with Gasteiger partial charge in [-0.15, -0.1) is 0 Å². The summed E-state index contributed by atoms with van der Waals surface area (Å²) in [5.41, 5.74) is 1.97. The lowest BCUT2D eigenvalue weighted by Gasteiger charge is -2.31. The summed E-state index contributed by atoms with van der Waals surface area (Å²) in [5, 5.41) is 11.9. The maximum absolute atomic E-state index is 13.2. The van der Waals surface area contributed by atoms with Crippen molar-refractivity contribution in [1.82, 2.24) is 9.80 Å². The van der Waals surface area contributed by atoms with Crippen LogP contribution in [0.4, 0.5) is 0 Å². The van der Waals surface area contributed by atoms with Crippen molar-refractivity contribution in [2.24, 2.45) is 0 Å². The highest BCUT2D eigenvalue weighted by Gasteiger charge is 2.46. The van der Waals surface area contributed by atoms with Gasteiger partial charge in [0, 0.05) is 36.8 Å². The minimum Gasteiger partial charge on any atom is -0.507 e. The number of amides is 1. The largest absolute Gasteiger partial charge is 0.507 e. The van der Waals surface area contributed by atoms with E-state index in [1.165, 1.54) is 0 Å². The number of benzene rings is 2. The standard InChI is InChI=1S/C27H29ClN2O5/c1-3-14-35-21-8-9-22(18(2)17-21)25(31)23-24(19-4-6-20(28)7-5-19)30(27(33)26(23)32)11-10-29-12-15-34-16-13-29/h3-9,17,24,31H,1,10-16H2,2H3/t24-/m1/s1. The number of aliphatic hydroxyl groups excluding tert-OH is 1. The molecule has 35 heavy (non-hydrogen) atoms. The zero-order valence-electron chi connectivity index (χ0n) is 19.7. The molecule has 0 radical (unpaired) electrons. The Morgan fingerprint density at radius 3 is 2.54 bits per heavy atom. The van der Waals surface area contributed by atoms with Crippen molar-refractivity contribution in [3.8, 4) is 5.75 Å². The van der Waals surface area contributed by atoms with E-state index in [9.17, 15) is 14.7 Å². The van der Waals surface area contributed by atoms with Gasteiger partial charge >= 0.3 is 0 Å². The molecule has 4 rings (SSSR count). The average Bonchev–Trinajstić information content (AvgIpc) is 3.12. The Kier molecular flexibility index (Phi) is 7.90. The van der Waals surface area contributed by atoms with Crippen molar-refractivity contribution in [2.45, 2.75) is 13.0 Å². The number of hydrogen-bond acceptors (Lipinski definition) is 6. The molecule has 2 saturated heterocycles. The second-order valence-electron chi connectivity index (χ2n) is 8.57. The van der Waals surface area contributed by atoms with Gasteiger partial charge in [-0.1, -0.05) is 36.4 Å². The van der Waals surface area contributed by atoms with Crippen LogP contribution in [0.5, 0.6) is 5.75 Å². The highest BCUT2D eigenvalue weighted by Crippen LogP contribution is 2.40. The van der Waals surface area contributed by atoms with E-state index in [4.69, 9.17) is 21.1 Å². The summed E-state index contributed by atoms with van der Waals surface area (Å²) in [6.07, 6.45) is 1.65. The Hall–Kier alpha value is -3.13. The van der Waals surface area contributed by atoms with Crippen molar-refractivity contribution < 1.29 is 24.2 Å². The lowest BCUT2D eigenvalue weighted by atomic mass is 9.94. The van der Waals surface area contributed by atoms with E-state index in [1.807, 2.05) is 6.92 Å². The van der Waals surface area contributed by atoms with Crippen LogP contribution in [0, 0.1) is 6.92 Å². The Bertz CT molecular complexity index is 1140. The third-order valence-corrected chi connectivity index (χ3v) is 6.56. The van der Waals surface area contributed by atoms with Crippen LogP contribution < -0.4 is 4.74 Å². The second kappa shape index (κ2) is 11.1. The fourth-order valence-corrected chi connectivity index (χ4v) is 4.59. The predicted octanol–water partition coefficient (Wildman–Crippen LogP) is 3.97. The van der Waals surface area contributed by atoms with Gasteiger partial charge in [0.1, 0.15) is 18.1 Å². The number of ketones is 1. The molecule has 1 atom stereocenters. The number of carbonyl (C=O) groups is 2. The zero-order valence-corrected chi connectivity index (χ0v) is 20.5. The molecule has 2 aliphatic heterocycles. The highest BCUT2D eigenvalue weighted by molar-refractivity contribution is 6.46. The quantitative estimate of drug-likeness (QED) is 0.258. The average molecular weight is 497 g/mol. The molecular formula is C27H29ClN2O5. The van der Waals surface area contributed by atoms with Crippen molar-refractivity contribution >= 4 is 29.1 Å². The Labute approximate surface area is 210 Å². The van der Waals surface area contributed by atoms with Crippen LogP contribution in [0.25, 0.3) is 5.76 Å². The van der Waals surface area contributed by atoms with Crippen LogP contribution in [-0.4, -0.2) is 72.6 Å². The van der Waals surface area contributed by atoms with E-state index in [0.29, 0.717) is 54.8 Å². The van der Waals surface area contributed by atoms with Gasteiger partial charge in [-0.3, -0.25) is 14.5 Å². The highest BCUT2D eigenvalue weighted by atomic mass is 35.5. The number of Topliss-reactive ketones (excluding diaryl/α,β-unsaturated/α-hetero) is 1. The molecule has 184 valence electrons. The minimum atomic E-state index is -0.718. The molecule has 2 aliphatic rings. The first-order valence-electron chi connectivity index (χ1n) is 11.6. The van der Waals surface area contributed by atoms with Crippen LogP contribution >= 0.6 is 11.6 Å². The van der Waals surface area contributed by atoms with Crippen LogP contribution in [0.2, 0.25) is 5.02 Å². The van der Waals surface area contributed by atoms with E-state index in [1.54, 1.807) is 53.4 Å². The zero-order chi connectivity index (χ0) is 24.9. The van der Waals surface area contributed by atoms with Gasteiger partial charge < -0.3 is 19.5 Å². The Balaban J connectivity index is 1.72. The van der Waals surface area contributed by atoms with Gasteiger partial charge in [-0.05, 0) is 48.4 Å². The normalized spacial score (nSPS) is 20.3. The number of ether oxygens (including phenoxy) is 2. The maximum atomic E-state index is 13.2. The molecule has 0 aliphatic carbocycles. The summed E-state index contributed by atoms with van der Waals surface area (Å²) >= 11 is 6.10. The van der Waals surface area contributed by atoms with Crippen molar-refractivity contribution in [2.75, 3.05) is 46.0 Å². The predicted molar refractivity (Wildman–Crippen MR) is 135 cm³/mol. The third kappa shape index (κ3) is 5.42. The summed E-state index contributed by atoms with van der Waals surface area (Å²) in [6.45, 7) is 9.61. The molecule has 2 aromatic carbocycles. The monoisotopic (exact) mass is 496 g/mol. The molecule has 7 nitrogen and oxygen atoms in total. The third-order valence-electron chi connectivity index (χ3n) is 6.31. The molecule has 1 amide bonds. The Morgan fingerprint density at radius 1 is 1.17 bits per heavy atom. The molecule has 2 heterocycles. The lowest BCUT2D eigenvalue weighted by Crippen LogP contribution is -2.42. The first-order valence-corrected chi connectivity index (χ1v) is 12.0. The lowest BCUT2D eigenvalue weighted by molar-refractivity contribution is -0.140. The molecular weight excluding hydrogens is 468 g/mol. The summed E-state index contributed by atoms with van der Waals surface area (Å²) in [7, 11) is 0. The van der Waals surface area contributed by atoms with E-state index >= 15 is 0 Å².